The molecule has 0 saturated carbocycles. The fraction of sp³-hybridized carbons (Fsp3) is 0.0870. The number of halogens is 4. The summed E-state index contributed by atoms with van der Waals surface area (Å²) in [6.07, 6.45) is -4.97. The Morgan fingerprint density at radius 1 is 0.971 bits per heavy atom. The van der Waals surface area contributed by atoms with Gasteiger partial charge in [0.2, 0.25) is 0 Å². The number of hydrogen-bond acceptors (Lipinski definition) is 4. The number of anilines is 1. The van der Waals surface area contributed by atoms with Crippen molar-refractivity contribution < 1.29 is 30.8 Å². The number of carbonyl (C=O) groups is 1. The Hall–Kier alpha value is -3.44. The highest BCUT2D eigenvalue weighted by Gasteiger charge is 2.36. The molecule has 3 aromatic carbocycles. The molecule has 34 heavy (non-hydrogen) atoms. The van der Waals surface area contributed by atoms with Crippen molar-refractivity contribution >= 4 is 42.4 Å². The minimum Gasteiger partial charge on any atom is -0.365 e. The third kappa shape index (κ3) is 4.36. The first-order valence-corrected chi connectivity index (χ1v) is 12.0. The molecule has 0 atom stereocenters. The van der Waals surface area contributed by atoms with E-state index in [0.29, 0.717) is 22.2 Å². The molecule has 5 nitrogen and oxygen atoms in total. The molecule has 0 unspecified atom stereocenters. The molecular weight excluding hydrogens is 492 g/mol. The van der Waals surface area contributed by atoms with Crippen LogP contribution in [-0.2, 0) is 22.7 Å². The van der Waals surface area contributed by atoms with E-state index in [1.165, 1.54) is 24.3 Å². The minimum atomic E-state index is -4.97. The van der Waals surface area contributed by atoms with E-state index in [2.05, 4.69) is 0 Å². The molecule has 0 saturated heterocycles. The molecular formula is C23H16F4N2O3S2. The summed E-state index contributed by atoms with van der Waals surface area (Å²) in [7, 11) is -4.35. The summed E-state index contributed by atoms with van der Waals surface area (Å²) in [4.78, 5) is 12.2. The van der Waals surface area contributed by atoms with Gasteiger partial charge in [-0.1, -0.05) is 42.5 Å². The van der Waals surface area contributed by atoms with Crippen molar-refractivity contribution in [3.63, 3.8) is 0 Å². The largest absolute Gasteiger partial charge is 0.419 e. The number of fused-ring (bicyclic) bond motifs is 1. The number of benzene rings is 3. The van der Waals surface area contributed by atoms with Crippen LogP contribution in [0.2, 0.25) is 0 Å². The first kappa shape index (κ1) is 23.7. The Kier molecular flexibility index (Phi) is 6.09. The molecule has 0 bridgehead atoms. The van der Waals surface area contributed by atoms with Crippen LogP contribution in [0.1, 0.15) is 21.5 Å². The van der Waals surface area contributed by atoms with Crippen LogP contribution in [-0.4, -0.2) is 14.3 Å². The average molecular weight is 509 g/mol. The van der Waals surface area contributed by atoms with Crippen molar-refractivity contribution in [3.8, 4) is 0 Å². The summed E-state index contributed by atoms with van der Waals surface area (Å²) < 4.78 is 82.3. The van der Waals surface area contributed by atoms with E-state index in [1.807, 2.05) is 0 Å². The lowest BCUT2D eigenvalue weighted by Gasteiger charge is -2.24. The van der Waals surface area contributed by atoms with E-state index in [4.69, 9.17) is 5.73 Å². The number of alkyl halides is 3. The highest BCUT2D eigenvalue weighted by atomic mass is 32.2. The van der Waals surface area contributed by atoms with Crippen molar-refractivity contribution in [3.05, 3.63) is 95.3 Å². The summed E-state index contributed by atoms with van der Waals surface area (Å²) in [5.74, 6) is -2.37. The number of nitrogens with two attached hydrogens (primary N) is 1. The Labute approximate surface area is 196 Å². The van der Waals surface area contributed by atoms with Crippen LogP contribution in [0.3, 0.4) is 0 Å². The lowest BCUT2D eigenvalue weighted by atomic mass is 10.1. The SMILES string of the molecule is NC(=O)c1c(N(Cc2ccc(F)c(C(F)(F)F)c2)S(=O)(=O)c2ccccc2)sc2ccccc12. The standard InChI is InChI=1S/C23H16F4N2O3S2/c24-18-11-10-14(12-17(18)23(25,26)27)13-29(34(31,32)15-6-2-1-3-7-15)22-20(21(28)30)16-8-4-5-9-19(16)33-22/h1-12H,13H2,(H2,28,30). The number of carbonyl (C=O) groups excluding carboxylic acids is 1. The smallest absolute Gasteiger partial charge is 0.365 e. The Morgan fingerprint density at radius 2 is 1.62 bits per heavy atom. The van der Waals surface area contributed by atoms with Gasteiger partial charge in [-0.15, -0.1) is 11.3 Å². The van der Waals surface area contributed by atoms with E-state index < -0.39 is 40.0 Å². The summed E-state index contributed by atoms with van der Waals surface area (Å²) >= 11 is 0.964. The molecule has 1 amide bonds. The van der Waals surface area contributed by atoms with Crippen LogP contribution in [0.15, 0.2) is 77.7 Å². The normalized spacial score (nSPS) is 12.1. The Morgan fingerprint density at radius 3 is 2.26 bits per heavy atom. The van der Waals surface area contributed by atoms with E-state index in [1.54, 1.807) is 30.3 Å². The number of nitrogens with zero attached hydrogens (tertiary/aromatic N) is 1. The highest BCUT2D eigenvalue weighted by Crippen LogP contribution is 2.41. The fourth-order valence-corrected chi connectivity index (χ4v) is 6.39. The van der Waals surface area contributed by atoms with Gasteiger partial charge >= 0.3 is 6.18 Å². The van der Waals surface area contributed by atoms with E-state index >= 15 is 0 Å². The quantitative estimate of drug-likeness (QED) is 0.347. The van der Waals surface area contributed by atoms with Gasteiger partial charge in [-0.2, -0.15) is 13.2 Å². The van der Waals surface area contributed by atoms with Crippen LogP contribution in [0, 0.1) is 5.82 Å². The van der Waals surface area contributed by atoms with Crippen LogP contribution < -0.4 is 10.0 Å². The molecule has 1 heterocycles. The zero-order valence-electron chi connectivity index (χ0n) is 17.2. The average Bonchev–Trinajstić information content (AvgIpc) is 3.17. The van der Waals surface area contributed by atoms with Crippen molar-refractivity contribution in [2.24, 2.45) is 5.73 Å². The van der Waals surface area contributed by atoms with Crippen LogP contribution >= 0.6 is 11.3 Å². The zero-order chi connectivity index (χ0) is 24.7. The molecule has 0 radical (unpaired) electrons. The summed E-state index contributed by atoms with van der Waals surface area (Å²) in [5.41, 5.74) is 3.87. The summed E-state index contributed by atoms with van der Waals surface area (Å²) in [6, 6.07) is 16.1. The maximum Gasteiger partial charge on any atom is 0.419 e. The van der Waals surface area contributed by atoms with E-state index in [9.17, 15) is 30.8 Å². The first-order valence-electron chi connectivity index (χ1n) is 9.75. The number of rotatable bonds is 6. The number of primary amides is 1. The van der Waals surface area contributed by atoms with Crippen molar-refractivity contribution in [2.45, 2.75) is 17.6 Å². The Balaban J connectivity index is 1.95. The molecule has 0 spiro atoms. The second kappa shape index (κ2) is 8.73. The number of amides is 1. The second-order valence-corrected chi connectivity index (χ2v) is 10.2. The molecule has 0 aliphatic carbocycles. The van der Waals surface area contributed by atoms with E-state index in [-0.39, 0.29) is 21.0 Å². The number of hydrogen-bond donors (Lipinski definition) is 1. The third-order valence-electron chi connectivity index (χ3n) is 5.04. The topological polar surface area (TPSA) is 80.5 Å². The minimum absolute atomic E-state index is 0.0459. The van der Waals surface area contributed by atoms with Gasteiger partial charge in [0.05, 0.1) is 22.6 Å². The Bertz CT molecular complexity index is 1480. The van der Waals surface area contributed by atoms with Crippen LogP contribution in [0.25, 0.3) is 10.1 Å². The molecule has 0 aliphatic rings. The predicted octanol–water partition coefficient (Wildman–Crippen LogP) is 5.55. The molecule has 0 aliphatic heterocycles. The molecule has 2 N–H and O–H groups in total. The van der Waals surface area contributed by atoms with Crippen molar-refractivity contribution in [1.82, 2.24) is 0 Å². The summed E-state index contributed by atoms with van der Waals surface area (Å²) in [5, 5.41) is 0.369. The fourth-order valence-electron chi connectivity index (χ4n) is 3.49. The maximum absolute atomic E-state index is 13.8. The molecule has 1 aromatic heterocycles. The summed E-state index contributed by atoms with van der Waals surface area (Å²) in [6.45, 7) is -0.590. The predicted molar refractivity (Wildman–Crippen MR) is 122 cm³/mol. The molecule has 4 rings (SSSR count). The third-order valence-corrected chi connectivity index (χ3v) is 8.11. The van der Waals surface area contributed by atoms with Crippen molar-refractivity contribution in [2.75, 3.05) is 4.31 Å². The highest BCUT2D eigenvalue weighted by molar-refractivity contribution is 7.93. The number of sulfonamides is 1. The lowest BCUT2D eigenvalue weighted by Crippen LogP contribution is -2.32. The van der Waals surface area contributed by atoms with Gasteiger partial charge in [-0.3, -0.25) is 9.10 Å². The van der Waals surface area contributed by atoms with Gasteiger partial charge in [0.1, 0.15) is 10.8 Å². The lowest BCUT2D eigenvalue weighted by molar-refractivity contribution is -0.140. The molecule has 11 heteroatoms. The maximum atomic E-state index is 13.8. The van der Waals surface area contributed by atoms with Gasteiger partial charge < -0.3 is 5.73 Å². The van der Waals surface area contributed by atoms with Crippen LogP contribution in [0.5, 0.6) is 0 Å². The first-order chi connectivity index (χ1) is 16.0. The molecule has 0 fully saturated rings. The molecule has 176 valence electrons. The van der Waals surface area contributed by atoms with Gasteiger partial charge in [-0.05, 0) is 35.9 Å². The van der Waals surface area contributed by atoms with Gasteiger partial charge in [0, 0.05) is 10.1 Å². The monoisotopic (exact) mass is 508 g/mol. The van der Waals surface area contributed by atoms with E-state index in [0.717, 1.165) is 21.7 Å². The van der Waals surface area contributed by atoms with Crippen molar-refractivity contribution in [1.29, 1.82) is 0 Å². The van der Waals surface area contributed by atoms with Gasteiger partial charge in [0.15, 0.2) is 0 Å². The number of thiophene rings is 1. The van der Waals surface area contributed by atoms with Crippen LogP contribution in [0.4, 0.5) is 22.6 Å². The molecule has 4 aromatic rings. The zero-order valence-corrected chi connectivity index (χ0v) is 18.8. The van der Waals surface area contributed by atoms with Gasteiger partial charge in [0.25, 0.3) is 15.9 Å². The second-order valence-electron chi connectivity index (χ2n) is 7.28. The van der Waals surface area contributed by atoms with Gasteiger partial charge in [-0.25, -0.2) is 12.8 Å².